The number of anilines is 2. The number of nitrogens with zero attached hydrogens (tertiary/aromatic N) is 2. The topological polar surface area (TPSA) is 189 Å². The van der Waals surface area contributed by atoms with E-state index in [0.29, 0.717) is 56.0 Å². The summed E-state index contributed by atoms with van der Waals surface area (Å²) in [4.78, 5) is 0.438. The van der Waals surface area contributed by atoms with Crippen molar-refractivity contribution in [1.82, 2.24) is 0 Å². The van der Waals surface area contributed by atoms with Gasteiger partial charge in [0.25, 0.3) is 10.1 Å². The molecular weight excluding hydrogens is 610 g/mol. The molecule has 5 N–H and O–H groups in total. The van der Waals surface area contributed by atoms with Gasteiger partial charge >= 0.3 is 0 Å². The highest BCUT2D eigenvalue weighted by atomic mass is 32.2. The Labute approximate surface area is 246 Å². The molecule has 16 heteroatoms. The summed E-state index contributed by atoms with van der Waals surface area (Å²) in [5, 5.41) is 48.3. The number of azo groups is 1. The van der Waals surface area contributed by atoms with Crippen molar-refractivity contribution in [3.63, 3.8) is 0 Å². The largest absolute Gasteiger partial charge is 0.507 e. The Kier molecular flexibility index (Phi) is 9.19. The number of hydrogen-bond acceptors (Lipinski definition) is 14. The Morgan fingerprint density at radius 3 is 2.07 bits per heavy atom. The van der Waals surface area contributed by atoms with Crippen LogP contribution in [0.2, 0.25) is 0 Å². The highest BCUT2D eigenvalue weighted by Crippen LogP contribution is 2.42. The molecule has 5 aromatic carbocycles. The van der Waals surface area contributed by atoms with Gasteiger partial charge in [0, 0.05) is 31.9 Å². The second-order valence-corrected chi connectivity index (χ2v) is 11.4. The average molecular weight is 630 g/mol. The number of rotatable bonds is 11. The normalized spacial score (nSPS) is 12.0. The molecule has 13 nitrogen and oxygen atoms in total. The van der Waals surface area contributed by atoms with Gasteiger partial charge < -0.3 is 10.4 Å². The van der Waals surface area contributed by atoms with Crippen LogP contribution < -0.4 is 5.32 Å². The zero-order valence-electron chi connectivity index (χ0n) is 20.9. The molecule has 0 fully saturated rings. The van der Waals surface area contributed by atoms with E-state index in [1.165, 1.54) is 24.3 Å². The summed E-state index contributed by atoms with van der Waals surface area (Å²) in [6.07, 6.45) is 0. The van der Waals surface area contributed by atoms with Crippen LogP contribution in [0.3, 0.4) is 0 Å². The third kappa shape index (κ3) is 6.63. The van der Waals surface area contributed by atoms with Gasteiger partial charge in [0.05, 0.1) is 40.8 Å². The van der Waals surface area contributed by atoms with Crippen molar-refractivity contribution in [3.8, 4) is 5.75 Å². The fraction of sp³-hybridized carbons (Fsp3) is 0. The van der Waals surface area contributed by atoms with Crippen LogP contribution in [-0.2, 0) is 28.9 Å². The summed E-state index contributed by atoms with van der Waals surface area (Å²) >= 11 is 1.28. The molecule has 0 bridgehead atoms. The van der Waals surface area contributed by atoms with Gasteiger partial charge in [-0.3, -0.25) is 4.55 Å². The fourth-order valence-corrected chi connectivity index (χ4v) is 5.87. The Morgan fingerprint density at radius 2 is 1.40 bits per heavy atom. The Bertz CT molecular complexity index is 1890. The monoisotopic (exact) mass is 629 g/mol. The van der Waals surface area contributed by atoms with Crippen LogP contribution in [0.25, 0.3) is 21.5 Å². The van der Waals surface area contributed by atoms with Crippen molar-refractivity contribution in [2.45, 2.75) is 14.7 Å². The molecule has 0 radical (unpaired) electrons. The minimum atomic E-state index is -4.62. The Morgan fingerprint density at radius 1 is 0.738 bits per heavy atom. The second-order valence-electron chi connectivity index (χ2n) is 8.41. The third-order valence-corrected chi connectivity index (χ3v) is 7.86. The fourth-order valence-electron chi connectivity index (χ4n) is 4.25. The minimum Gasteiger partial charge on any atom is -0.507 e. The lowest BCUT2D eigenvalue weighted by Gasteiger charge is -2.14. The van der Waals surface area contributed by atoms with Crippen LogP contribution in [0, 0.1) is 0 Å². The van der Waals surface area contributed by atoms with Gasteiger partial charge in [-0.05, 0) is 60.0 Å². The molecule has 0 saturated heterocycles. The van der Waals surface area contributed by atoms with Crippen molar-refractivity contribution in [2.75, 3.05) is 5.32 Å². The zero-order valence-corrected chi connectivity index (χ0v) is 23.4. The molecule has 0 aliphatic rings. The van der Waals surface area contributed by atoms with E-state index >= 15 is 0 Å². The Balaban J connectivity index is 1.65. The molecule has 0 spiro atoms. The van der Waals surface area contributed by atoms with Gasteiger partial charge in [0.1, 0.15) is 10.6 Å². The number of benzene rings is 5. The van der Waals surface area contributed by atoms with E-state index in [0.717, 1.165) is 0 Å². The Hall–Kier alpha value is -3.81. The van der Waals surface area contributed by atoms with Crippen LogP contribution in [0.4, 0.5) is 22.7 Å². The lowest BCUT2D eigenvalue weighted by atomic mass is 10.1. The van der Waals surface area contributed by atoms with E-state index in [9.17, 15) is 18.1 Å². The molecule has 0 saturated carbocycles. The van der Waals surface area contributed by atoms with Crippen molar-refractivity contribution < 1.29 is 47.3 Å². The van der Waals surface area contributed by atoms with Crippen LogP contribution in [0.15, 0.2) is 110 Å². The van der Waals surface area contributed by atoms with Crippen molar-refractivity contribution in [2.24, 2.45) is 10.2 Å². The van der Waals surface area contributed by atoms with Gasteiger partial charge in [-0.1, -0.05) is 40.4 Å². The van der Waals surface area contributed by atoms with E-state index in [2.05, 4.69) is 34.3 Å². The maximum absolute atomic E-state index is 12.3. The number of phenolic OH excluding ortho intramolecular Hbond substituents is 1. The molecule has 0 unspecified atom stereocenters. The molecule has 0 amide bonds. The smallest absolute Gasteiger partial charge is 0.295 e. The zero-order chi connectivity index (χ0) is 29.7. The molecule has 0 heterocycles. The van der Waals surface area contributed by atoms with Gasteiger partial charge in [0.2, 0.25) is 0 Å². The van der Waals surface area contributed by atoms with Gasteiger partial charge in [-0.2, -0.15) is 8.42 Å². The number of fused-ring (bicyclic) bond motifs is 2. The van der Waals surface area contributed by atoms with Crippen LogP contribution in [-0.4, -0.2) is 28.6 Å². The maximum Gasteiger partial charge on any atom is 0.295 e. The first kappa shape index (κ1) is 29.7. The lowest BCUT2D eigenvalue weighted by molar-refractivity contribution is -0.432. The van der Waals surface area contributed by atoms with E-state index in [1.54, 1.807) is 42.5 Å². The van der Waals surface area contributed by atoms with E-state index in [4.69, 9.17) is 10.5 Å². The number of aromatic hydroxyl groups is 1. The predicted molar refractivity (Wildman–Crippen MR) is 155 cm³/mol. The standard InChI is InChI=1S/C26H19N3O10S3/c30-23-14-18(41-39-37-32)12-15-11-17(40-38-36-31)13-22(25(15)23)29-28-20-9-10-21(27-16-5-2-1-3-6-16)26-19(20)7-4-8-24(26)42(33,34)35/h1-14,27,30-32H,(H,33,34,35). The first-order valence-corrected chi connectivity index (χ1v) is 14.6. The van der Waals surface area contributed by atoms with Crippen LogP contribution >= 0.6 is 24.1 Å². The molecular formula is C26H19N3O10S3. The van der Waals surface area contributed by atoms with Crippen LogP contribution in [0.1, 0.15) is 0 Å². The molecule has 0 aromatic heterocycles. The highest BCUT2D eigenvalue weighted by molar-refractivity contribution is 7.94. The summed E-state index contributed by atoms with van der Waals surface area (Å²) in [6.45, 7) is 0. The summed E-state index contributed by atoms with van der Waals surface area (Å²) in [5.74, 6) is -0.206. The first-order valence-electron chi connectivity index (χ1n) is 11.7. The SMILES string of the molecule is O=S(=O)(O)c1cccc2c(N=Nc3cc(SOOO)cc4cc(SOOO)cc(O)c34)ccc(Nc3ccccc3)c12. The van der Waals surface area contributed by atoms with E-state index in [-0.39, 0.29) is 32.8 Å². The van der Waals surface area contributed by atoms with Crippen molar-refractivity contribution >= 4 is 78.5 Å². The van der Waals surface area contributed by atoms with Gasteiger partial charge in [-0.25, -0.2) is 10.5 Å². The number of hydrogen-bond donors (Lipinski definition) is 5. The first-order chi connectivity index (χ1) is 20.3. The predicted octanol–water partition coefficient (Wildman–Crippen LogP) is 7.96. The molecule has 216 valence electrons. The third-order valence-electron chi connectivity index (χ3n) is 5.85. The molecule has 0 aliphatic heterocycles. The lowest BCUT2D eigenvalue weighted by Crippen LogP contribution is -2.01. The summed E-state index contributed by atoms with van der Waals surface area (Å²) < 4.78 is 43.6. The maximum atomic E-state index is 12.3. The summed E-state index contributed by atoms with van der Waals surface area (Å²) in [5.41, 5.74) is 1.54. The van der Waals surface area contributed by atoms with Crippen molar-refractivity contribution in [3.05, 3.63) is 84.9 Å². The van der Waals surface area contributed by atoms with E-state index in [1.807, 2.05) is 18.2 Å². The molecule has 0 aliphatic carbocycles. The average Bonchev–Trinajstić information content (AvgIpc) is 2.98. The quantitative estimate of drug-likeness (QED) is 0.0311. The number of para-hydroxylation sites is 1. The van der Waals surface area contributed by atoms with Crippen molar-refractivity contribution in [1.29, 1.82) is 0 Å². The van der Waals surface area contributed by atoms with E-state index < -0.39 is 10.1 Å². The van der Waals surface area contributed by atoms with Crippen LogP contribution in [0.5, 0.6) is 5.75 Å². The van der Waals surface area contributed by atoms with Gasteiger partial charge in [0.15, 0.2) is 0 Å². The number of nitrogens with one attached hydrogen (secondary N) is 1. The van der Waals surface area contributed by atoms with Gasteiger partial charge in [-0.15, -0.1) is 18.9 Å². The summed E-state index contributed by atoms with van der Waals surface area (Å²) in [7, 11) is -4.62. The molecule has 5 rings (SSSR count). The number of phenols is 1. The summed E-state index contributed by atoms with van der Waals surface area (Å²) in [6, 6.07) is 22.7. The molecule has 0 atom stereocenters. The highest BCUT2D eigenvalue weighted by Gasteiger charge is 2.19. The minimum absolute atomic E-state index is 0.176. The second kappa shape index (κ2) is 13.0. The molecule has 5 aromatic rings. The molecule has 42 heavy (non-hydrogen) atoms.